The monoisotopic (exact) mass is 348 g/mol. The van der Waals surface area contributed by atoms with E-state index in [1.165, 1.54) is 25.7 Å². The van der Waals surface area contributed by atoms with Gasteiger partial charge in [0.15, 0.2) is 0 Å². The molecule has 2 aromatic heterocycles. The Bertz CT molecular complexity index is 897. The summed E-state index contributed by atoms with van der Waals surface area (Å²) in [7, 11) is 2.28. The molecule has 1 saturated carbocycles. The van der Waals surface area contributed by atoms with Gasteiger partial charge < -0.3 is 4.98 Å². The van der Waals surface area contributed by atoms with Crippen molar-refractivity contribution >= 4 is 16.6 Å². The van der Waals surface area contributed by atoms with E-state index in [-0.39, 0.29) is 0 Å². The minimum absolute atomic E-state index is 0.334. The smallest absolute Gasteiger partial charge is 0.141 e. The minimum atomic E-state index is 0.334. The summed E-state index contributed by atoms with van der Waals surface area (Å²) in [5.41, 5.74) is 2.95. The van der Waals surface area contributed by atoms with Crippen molar-refractivity contribution in [3.05, 3.63) is 42.6 Å². The van der Waals surface area contributed by atoms with Gasteiger partial charge >= 0.3 is 0 Å². The number of fused-ring (bicyclic) bond motifs is 1. The van der Waals surface area contributed by atoms with Crippen LogP contribution in [0.1, 0.15) is 44.7 Å². The molecule has 2 unspecified atom stereocenters. The molecule has 1 aliphatic carbocycles. The Labute approximate surface area is 154 Å². The summed E-state index contributed by atoms with van der Waals surface area (Å²) in [6, 6.07) is 5.18. The lowest BCUT2D eigenvalue weighted by Gasteiger charge is -2.45. The first-order valence-corrected chi connectivity index (χ1v) is 9.55. The standard InChI is InChI=1S/C21H26N5/c1-15-7-8-17(20-18-10-12-23-21(18)25-14-24-20)13-26(15,2)19(9-11-22)16-5-3-4-6-16/h7-8,10,12-16,19H,3-6,9H2,1-2H3,(H,23,24,25)/q+1/t15-,19?,26?/m0/s1. The average molecular weight is 348 g/mol. The van der Waals surface area contributed by atoms with Crippen molar-refractivity contribution in [3.63, 3.8) is 0 Å². The fourth-order valence-corrected chi connectivity index (χ4v) is 4.78. The maximum Gasteiger partial charge on any atom is 0.141 e. The van der Waals surface area contributed by atoms with E-state index in [9.17, 15) is 5.26 Å². The van der Waals surface area contributed by atoms with Crippen molar-refractivity contribution in [1.29, 1.82) is 5.26 Å². The molecule has 26 heavy (non-hydrogen) atoms. The molecule has 1 N–H and O–H groups in total. The van der Waals surface area contributed by atoms with Gasteiger partial charge in [-0.1, -0.05) is 12.8 Å². The maximum absolute atomic E-state index is 9.50. The number of quaternary nitrogens is 1. The molecular formula is C21H26N5+. The van der Waals surface area contributed by atoms with Crippen molar-refractivity contribution in [2.75, 3.05) is 7.05 Å². The van der Waals surface area contributed by atoms with Gasteiger partial charge in [-0.25, -0.2) is 9.97 Å². The van der Waals surface area contributed by atoms with Crippen LogP contribution in [0.3, 0.4) is 0 Å². The minimum Gasteiger partial charge on any atom is -0.346 e. The van der Waals surface area contributed by atoms with Gasteiger partial charge in [0, 0.05) is 17.5 Å². The van der Waals surface area contributed by atoms with Gasteiger partial charge in [0.25, 0.3) is 0 Å². The Morgan fingerprint density at radius 2 is 2.15 bits per heavy atom. The van der Waals surface area contributed by atoms with Crippen molar-refractivity contribution in [2.24, 2.45) is 5.92 Å². The van der Waals surface area contributed by atoms with E-state index in [1.54, 1.807) is 6.33 Å². The summed E-state index contributed by atoms with van der Waals surface area (Å²) in [5.74, 6) is 0.628. The quantitative estimate of drug-likeness (QED) is 0.843. The Balaban J connectivity index is 1.78. The molecule has 2 aliphatic rings. The number of aromatic nitrogens is 3. The summed E-state index contributed by atoms with van der Waals surface area (Å²) < 4.78 is 0.778. The lowest BCUT2D eigenvalue weighted by molar-refractivity contribution is -0.905. The van der Waals surface area contributed by atoms with Crippen LogP contribution in [0, 0.1) is 17.2 Å². The van der Waals surface area contributed by atoms with Crippen LogP contribution < -0.4 is 0 Å². The van der Waals surface area contributed by atoms with Gasteiger partial charge in [0.1, 0.15) is 30.3 Å². The first-order chi connectivity index (χ1) is 12.6. The highest BCUT2D eigenvalue weighted by Crippen LogP contribution is 2.39. The molecule has 5 nitrogen and oxygen atoms in total. The zero-order valence-electron chi connectivity index (χ0n) is 15.5. The number of nitriles is 1. The van der Waals surface area contributed by atoms with Gasteiger partial charge in [0.2, 0.25) is 0 Å². The number of H-pyrrole nitrogens is 1. The molecule has 5 heteroatoms. The van der Waals surface area contributed by atoms with Gasteiger partial charge in [-0.15, -0.1) is 0 Å². The van der Waals surface area contributed by atoms with Crippen LogP contribution in [0.4, 0.5) is 0 Å². The highest BCUT2D eigenvalue weighted by atomic mass is 15.4. The van der Waals surface area contributed by atoms with E-state index in [0.29, 0.717) is 24.4 Å². The first kappa shape index (κ1) is 17.0. The number of hydrogen-bond donors (Lipinski definition) is 1. The van der Waals surface area contributed by atoms with E-state index >= 15 is 0 Å². The number of hydrogen-bond acceptors (Lipinski definition) is 3. The first-order valence-electron chi connectivity index (χ1n) is 9.55. The SMILES string of the molecule is C[C@H]1C=CC(c2ncnc3[nH]ccc23)=C[N+]1(C)C(CC#N)C1CCCC1. The predicted molar refractivity (Wildman–Crippen MR) is 103 cm³/mol. The van der Waals surface area contributed by atoms with Gasteiger partial charge in [-0.05, 0) is 38.0 Å². The molecule has 4 rings (SSSR count). The number of aromatic amines is 1. The molecule has 0 saturated heterocycles. The third kappa shape index (κ3) is 2.75. The normalized spacial score (nSPS) is 27.4. The van der Waals surface area contributed by atoms with E-state index in [1.807, 2.05) is 12.3 Å². The van der Waals surface area contributed by atoms with Gasteiger partial charge in [-0.3, -0.25) is 4.48 Å². The molecule has 0 amide bonds. The van der Waals surface area contributed by atoms with Crippen molar-refractivity contribution in [2.45, 2.75) is 51.1 Å². The number of likely N-dealkylation sites (N-methyl/N-ethyl adjacent to an activating group) is 1. The Hall–Kier alpha value is -2.45. The molecular weight excluding hydrogens is 322 g/mol. The molecule has 1 fully saturated rings. The van der Waals surface area contributed by atoms with E-state index in [2.05, 4.69) is 53.3 Å². The van der Waals surface area contributed by atoms with Crippen LogP contribution in [-0.4, -0.2) is 38.6 Å². The van der Waals surface area contributed by atoms with Crippen LogP contribution in [0.25, 0.3) is 16.6 Å². The van der Waals surface area contributed by atoms with Crippen LogP contribution in [0.15, 0.2) is 36.9 Å². The molecule has 0 bridgehead atoms. The van der Waals surface area contributed by atoms with Crippen LogP contribution in [-0.2, 0) is 0 Å². The summed E-state index contributed by atoms with van der Waals surface area (Å²) in [5, 5.41) is 10.5. The molecule has 3 heterocycles. The van der Waals surface area contributed by atoms with Crippen LogP contribution in [0.5, 0.6) is 0 Å². The molecule has 1 aliphatic heterocycles. The Morgan fingerprint density at radius 3 is 2.92 bits per heavy atom. The highest BCUT2D eigenvalue weighted by Gasteiger charge is 2.43. The second-order valence-electron chi connectivity index (χ2n) is 7.84. The zero-order valence-corrected chi connectivity index (χ0v) is 15.5. The molecule has 0 aromatic carbocycles. The highest BCUT2D eigenvalue weighted by molar-refractivity contribution is 5.90. The predicted octanol–water partition coefficient (Wildman–Crippen LogP) is 4.18. The summed E-state index contributed by atoms with van der Waals surface area (Å²) in [4.78, 5) is 12.0. The third-order valence-corrected chi connectivity index (χ3v) is 6.44. The van der Waals surface area contributed by atoms with Gasteiger partial charge in [0.05, 0.1) is 30.8 Å². The largest absolute Gasteiger partial charge is 0.346 e. The maximum atomic E-state index is 9.50. The number of nitrogens with zero attached hydrogens (tertiary/aromatic N) is 4. The van der Waals surface area contributed by atoms with Gasteiger partial charge in [-0.2, -0.15) is 5.26 Å². The number of rotatable bonds is 4. The van der Waals surface area contributed by atoms with E-state index in [0.717, 1.165) is 26.8 Å². The van der Waals surface area contributed by atoms with Crippen molar-refractivity contribution < 1.29 is 4.48 Å². The summed E-state index contributed by atoms with van der Waals surface area (Å²) in [6.07, 6.45) is 16.0. The molecule has 3 atom stereocenters. The third-order valence-electron chi connectivity index (χ3n) is 6.44. The molecule has 2 aromatic rings. The summed E-state index contributed by atoms with van der Waals surface area (Å²) >= 11 is 0. The van der Waals surface area contributed by atoms with Crippen molar-refractivity contribution in [3.8, 4) is 6.07 Å². The van der Waals surface area contributed by atoms with Crippen molar-refractivity contribution in [1.82, 2.24) is 15.0 Å². The summed E-state index contributed by atoms with van der Waals surface area (Å²) in [6.45, 7) is 2.26. The lowest BCUT2D eigenvalue weighted by Crippen LogP contribution is -2.56. The fourth-order valence-electron chi connectivity index (χ4n) is 4.78. The second kappa shape index (κ2) is 6.69. The van der Waals surface area contributed by atoms with Crippen LogP contribution in [0.2, 0.25) is 0 Å². The molecule has 134 valence electrons. The number of allylic oxidation sites excluding steroid dienone is 2. The van der Waals surface area contributed by atoms with E-state index < -0.39 is 0 Å². The Morgan fingerprint density at radius 1 is 1.35 bits per heavy atom. The lowest BCUT2D eigenvalue weighted by atomic mass is 9.89. The molecule has 0 spiro atoms. The van der Waals surface area contributed by atoms with Crippen LogP contribution >= 0.6 is 0 Å². The van der Waals surface area contributed by atoms with E-state index in [4.69, 9.17) is 0 Å². The Kier molecular flexibility index (Phi) is 4.37. The average Bonchev–Trinajstić information content (AvgIpc) is 3.33. The topological polar surface area (TPSA) is 65.4 Å². The zero-order chi connectivity index (χ0) is 18.1. The second-order valence-corrected chi connectivity index (χ2v) is 7.84. The molecule has 0 radical (unpaired) electrons. The fraction of sp³-hybridized carbons (Fsp3) is 0.476. The number of nitrogens with one attached hydrogen (secondary N) is 1.